The Labute approximate surface area is 323 Å². The summed E-state index contributed by atoms with van der Waals surface area (Å²) in [7, 11) is 3.85. The van der Waals surface area contributed by atoms with Gasteiger partial charge in [-0.3, -0.25) is 0 Å². The predicted octanol–water partition coefficient (Wildman–Crippen LogP) is 7.52. The standard InChI is InChI=1S/C20H21N7.C10H9ClN6.C10H13N/c1-25-13-18(21-14-25)22-19-17-10-6-12-27(17)24-20(23-19)26-11-5-9-16(26)15-7-3-2-4-8-15;1-16-5-8(12-6-16)13-9-7-3-2-4-17(7)15-10(11)14-9;1-2-5-9(6-3-1)10-7-4-8-11-10/h2-4,6-8,10,12-14,16H,5,9,11H2,1H3,(H,22,23,24);2-6H,1H3,(H,13,14,15);1-3,5-6,10-11H,4,7-8H2/t16-;;10-/m0.0/s1. The van der Waals surface area contributed by atoms with Gasteiger partial charge in [0.15, 0.2) is 11.6 Å². The van der Waals surface area contributed by atoms with Gasteiger partial charge in [-0.2, -0.15) is 9.97 Å². The fraction of sp³-hybridized carbons (Fsp3) is 0.250. The number of hydrogen-bond acceptors (Lipinski definition) is 10. The van der Waals surface area contributed by atoms with Crippen molar-refractivity contribution in [2.45, 2.75) is 37.8 Å². The van der Waals surface area contributed by atoms with E-state index in [4.69, 9.17) is 21.7 Å². The highest BCUT2D eigenvalue weighted by atomic mass is 35.5. The Morgan fingerprint density at radius 3 is 1.85 bits per heavy atom. The highest BCUT2D eigenvalue weighted by Gasteiger charge is 2.29. The molecule has 2 aromatic carbocycles. The third kappa shape index (κ3) is 8.45. The number of benzene rings is 2. The molecule has 0 radical (unpaired) electrons. The van der Waals surface area contributed by atoms with Crippen molar-refractivity contribution in [3.63, 3.8) is 0 Å². The molecule has 0 saturated carbocycles. The molecule has 8 heterocycles. The topological polar surface area (TPSA) is 135 Å². The van der Waals surface area contributed by atoms with Gasteiger partial charge in [-0.25, -0.2) is 19.0 Å². The minimum Gasteiger partial charge on any atom is -0.338 e. The van der Waals surface area contributed by atoms with E-state index in [-0.39, 0.29) is 5.28 Å². The van der Waals surface area contributed by atoms with Gasteiger partial charge in [0.05, 0.1) is 18.7 Å². The number of aryl methyl sites for hydroxylation is 2. The second-order valence-electron chi connectivity index (χ2n) is 13.6. The van der Waals surface area contributed by atoms with Crippen LogP contribution in [0.1, 0.15) is 48.9 Å². The molecular formula is C40H43ClN14. The Morgan fingerprint density at radius 1 is 0.673 bits per heavy atom. The van der Waals surface area contributed by atoms with E-state index in [2.05, 4.69) is 102 Å². The molecule has 14 nitrogen and oxygen atoms in total. The minimum absolute atomic E-state index is 0.187. The van der Waals surface area contributed by atoms with Crippen LogP contribution >= 0.6 is 11.6 Å². The number of imidazole rings is 2. The van der Waals surface area contributed by atoms with Crippen molar-refractivity contribution in [2.24, 2.45) is 14.1 Å². The van der Waals surface area contributed by atoms with E-state index < -0.39 is 0 Å². The molecule has 2 atom stereocenters. The lowest BCUT2D eigenvalue weighted by Gasteiger charge is -2.25. The molecule has 8 aromatic rings. The summed E-state index contributed by atoms with van der Waals surface area (Å²) >= 11 is 5.84. The Kier molecular flexibility index (Phi) is 10.7. The monoisotopic (exact) mass is 754 g/mol. The zero-order valence-electron chi connectivity index (χ0n) is 30.7. The molecule has 280 valence electrons. The van der Waals surface area contributed by atoms with Gasteiger partial charge >= 0.3 is 0 Å². The number of aromatic nitrogens is 10. The summed E-state index contributed by atoms with van der Waals surface area (Å²) in [5.41, 5.74) is 4.52. The number of fused-ring (bicyclic) bond motifs is 2. The highest BCUT2D eigenvalue weighted by molar-refractivity contribution is 6.28. The van der Waals surface area contributed by atoms with Gasteiger partial charge < -0.3 is 30.0 Å². The van der Waals surface area contributed by atoms with Crippen LogP contribution in [0.3, 0.4) is 0 Å². The Hall–Kier alpha value is -6.25. The van der Waals surface area contributed by atoms with Crippen molar-refractivity contribution >= 4 is 51.9 Å². The van der Waals surface area contributed by atoms with E-state index >= 15 is 0 Å². The van der Waals surface area contributed by atoms with E-state index in [1.54, 1.807) is 17.2 Å². The average Bonchev–Trinajstić information content (AvgIpc) is 4.05. The van der Waals surface area contributed by atoms with Crippen molar-refractivity contribution in [3.05, 3.63) is 139 Å². The summed E-state index contributed by atoms with van der Waals surface area (Å²) in [5.74, 6) is 3.62. The van der Waals surface area contributed by atoms with Gasteiger partial charge in [0, 0.05) is 51.5 Å². The van der Waals surface area contributed by atoms with Gasteiger partial charge in [0.1, 0.15) is 22.7 Å². The molecule has 2 aliphatic rings. The van der Waals surface area contributed by atoms with E-state index in [9.17, 15) is 0 Å². The molecular weight excluding hydrogens is 712 g/mol. The smallest absolute Gasteiger partial charge is 0.246 e. The second kappa shape index (κ2) is 16.4. The van der Waals surface area contributed by atoms with Gasteiger partial charge in [0.2, 0.25) is 11.2 Å². The first-order chi connectivity index (χ1) is 27.0. The maximum atomic E-state index is 5.84. The Balaban J connectivity index is 0.000000130. The molecule has 15 heteroatoms. The van der Waals surface area contributed by atoms with Gasteiger partial charge in [0.25, 0.3) is 0 Å². The van der Waals surface area contributed by atoms with Gasteiger partial charge in [-0.1, -0.05) is 60.7 Å². The fourth-order valence-corrected chi connectivity index (χ4v) is 7.18. The molecule has 55 heavy (non-hydrogen) atoms. The lowest BCUT2D eigenvalue weighted by molar-refractivity contribution is 0.648. The highest BCUT2D eigenvalue weighted by Crippen LogP contribution is 2.35. The maximum Gasteiger partial charge on any atom is 0.246 e. The van der Waals surface area contributed by atoms with Crippen LogP contribution < -0.4 is 20.9 Å². The molecule has 0 aliphatic carbocycles. The van der Waals surface area contributed by atoms with E-state index in [0.29, 0.717) is 23.7 Å². The van der Waals surface area contributed by atoms with Gasteiger partial charge in [-0.15, -0.1) is 10.2 Å². The zero-order valence-corrected chi connectivity index (χ0v) is 31.5. The van der Waals surface area contributed by atoms with Crippen LogP contribution in [0.4, 0.5) is 29.2 Å². The summed E-state index contributed by atoms with van der Waals surface area (Å²) in [6.45, 7) is 2.13. The number of nitrogens with one attached hydrogen (secondary N) is 3. The molecule has 0 amide bonds. The maximum absolute atomic E-state index is 5.84. The summed E-state index contributed by atoms with van der Waals surface area (Å²) in [5, 5.41) is 18.9. The number of anilines is 5. The molecule has 0 spiro atoms. The average molecular weight is 755 g/mol. The fourth-order valence-electron chi connectivity index (χ4n) is 7.02. The number of nitrogens with zero attached hydrogens (tertiary/aromatic N) is 11. The predicted molar refractivity (Wildman–Crippen MR) is 216 cm³/mol. The van der Waals surface area contributed by atoms with E-state index in [1.165, 1.54) is 30.5 Å². The Morgan fingerprint density at radius 2 is 1.27 bits per heavy atom. The number of rotatable bonds is 7. The van der Waals surface area contributed by atoms with Crippen LogP contribution in [0.25, 0.3) is 11.0 Å². The molecule has 0 unspecified atom stereocenters. The molecule has 3 N–H and O–H groups in total. The first kappa shape index (κ1) is 35.8. The van der Waals surface area contributed by atoms with E-state index in [1.807, 2.05) is 76.8 Å². The number of halogens is 1. The molecule has 10 rings (SSSR count). The van der Waals surface area contributed by atoms with Crippen molar-refractivity contribution in [2.75, 3.05) is 28.6 Å². The van der Waals surface area contributed by atoms with Crippen molar-refractivity contribution in [3.8, 4) is 0 Å². The van der Waals surface area contributed by atoms with Crippen LogP contribution in [0.15, 0.2) is 122 Å². The molecule has 2 aliphatic heterocycles. The molecule has 6 aromatic heterocycles. The van der Waals surface area contributed by atoms with Crippen molar-refractivity contribution < 1.29 is 0 Å². The SMILES string of the molecule is Cn1cnc(Nc2nc(Cl)nn3cccc23)c1.Cn1cnc(Nc2nc(N3CCC[C@H]3c3ccccc3)nn3cccc23)c1.c1ccc([C@@H]2CCCN2)cc1. The lowest BCUT2D eigenvalue weighted by Crippen LogP contribution is -2.25. The molecule has 2 saturated heterocycles. The van der Waals surface area contributed by atoms with Crippen LogP contribution in [0.5, 0.6) is 0 Å². The molecule has 0 bridgehead atoms. The second-order valence-corrected chi connectivity index (χ2v) is 13.9. The third-order valence-electron chi connectivity index (χ3n) is 9.60. The van der Waals surface area contributed by atoms with Crippen LogP contribution in [0, 0.1) is 0 Å². The first-order valence-corrected chi connectivity index (χ1v) is 18.8. The summed E-state index contributed by atoms with van der Waals surface area (Å²) in [6, 6.07) is 30.0. The quantitative estimate of drug-likeness (QED) is 0.150. The van der Waals surface area contributed by atoms with E-state index in [0.717, 1.165) is 48.0 Å². The summed E-state index contributed by atoms with van der Waals surface area (Å²) in [4.78, 5) is 19.9. The summed E-state index contributed by atoms with van der Waals surface area (Å²) in [6.07, 6.45) is 15.9. The van der Waals surface area contributed by atoms with Crippen molar-refractivity contribution in [1.82, 2.24) is 53.6 Å². The van der Waals surface area contributed by atoms with Crippen LogP contribution in [-0.2, 0) is 14.1 Å². The zero-order chi connectivity index (χ0) is 37.6. The minimum atomic E-state index is 0.187. The van der Waals surface area contributed by atoms with Gasteiger partial charge in [-0.05, 0) is 79.2 Å². The molecule has 2 fully saturated rings. The summed E-state index contributed by atoms with van der Waals surface area (Å²) < 4.78 is 7.31. The largest absolute Gasteiger partial charge is 0.338 e. The Bertz CT molecular complexity index is 2450. The normalized spacial score (nSPS) is 16.5. The van der Waals surface area contributed by atoms with Crippen LogP contribution in [0.2, 0.25) is 5.28 Å². The van der Waals surface area contributed by atoms with Crippen LogP contribution in [-0.4, -0.2) is 61.4 Å². The first-order valence-electron chi connectivity index (χ1n) is 18.4. The van der Waals surface area contributed by atoms with Crippen molar-refractivity contribution in [1.29, 1.82) is 0 Å². The third-order valence-corrected chi connectivity index (χ3v) is 9.76. The lowest BCUT2D eigenvalue weighted by atomic mass is 10.1. The number of hydrogen-bond donors (Lipinski definition) is 3.